The second-order valence-corrected chi connectivity index (χ2v) is 5.92. The molecule has 0 saturated heterocycles. The third-order valence-electron chi connectivity index (χ3n) is 4.41. The molecule has 2 N–H and O–H groups in total. The number of hydrogen-bond donors (Lipinski definition) is 2. The van der Waals surface area contributed by atoms with Gasteiger partial charge in [-0.25, -0.2) is 9.67 Å². The van der Waals surface area contributed by atoms with Crippen molar-refractivity contribution in [2.45, 2.75) is 56.7 Å². The summed E-state index contributed by atoms with van der Waals surface area (Å²) < 4.78 is 1.88. The second kappa shape index (κ2) is 5.82. The maximum Gasteiger partial charge on any atom is 0.235 e. The summed E-state index contributed by atoms with van der Waals surface area (Å²) in [5, 5.41) is 19.6. The van der Waals surface area contributed by atoms with Crippen molar-refractivity contribution < 1.29 is 4.79 Å². The molecule has 1 saturated carbocycles. The minimum absolute atomic E-state index is 0.0946. The Morgan fingerprint density at radius 2 is 2.33 bits per heavy atom. The smallest absolute Gasteiger partial charge is 0.235 e. The lowest BCUT2D eigenvalue weighted by molar-refractivity contribution is -0.121. The Balaban J connectivity index is 1.47. The van der Waals surface area contributed by atoms with Crippen LogP contribution < -0.4 is 10.6 Å². The Hall–Kier alpha value is -1.94. The first-order chi connectivity index (χ1) is 10.2. The van der Waals surface area contributed by atoms with Crippen molar-refractivity contribution in [3.63, 3.8) is 0 Å². The lowest BCUT2D eigenvalue weighted by Crippen LogP contribution is -2.50. The van der Waals surface area contributed by atoms with Crippen molar-refractivity contribution in [3.8, 4) is 6.07 Å². The largest absolute Gasteiger partial charge is 0.337 e. The maximum atomic E-state index is 12.0. The highest BCUT2D eigenvalue weighted by Gasteiger charge is 2.35. The highest BCUT2D eigenvalue weighted by Crippen LogP contribution is 2.28. The third-order valence-corrected chi connectivity index (χ3v) is 4.41. The van der Waals surface area contributed by atoms with Crippen molar-refractivity contribution in [3.05, 3.63) is 12.2 Å². The molecule has 1 aromatic rings. The molecule has 1 aliphatic heterocycles. The van der Waals surface area contributed by atoms with Crippen LogP contribution in [-0.2, 0) is 17.8 Å². The normalized spacial score (nSPS) is 23.3. The molecule has 21 heavy (non-hydrogen) atoms. The van der Waals surface area contributed by atoms with Crippen molar-refractivity contribution in [1.82, 2.24) is 25.4 Å². The first-order valence-electron chi connectivity index (χ1n) is 7.53. The van der Waals surface area contributed by atoms with E-state index in [4.69, 9.17) is 0 Å². The molecule has 1 aromatic heterocycles. The summed E-state index contributed by atoms with van der Waals surface area (Å²) in [5.41, 5.74) is -0.635. The molecular formula is C14H20N6O. The molecule has 0 radical (unpaired) electrons. The second-order valence-electron chi connectivity index (χ2n) is 5.92. The number of rotatable bonds is 4. The fourth-order valence-corrected chi connectivity index (χ4v) is 3.20. The van der Waals surface area contributed by atoms with Crippen LogP contribution in [-0.4, -0.2) is 38.8 Å². The molecule has 1 amide bonds. The summed E-state index contributed by atoms with van der Waals surface area (Å²) in [4.78, 5) is 16.2. The lowest BCUT2D eigenvalue weighted by atomic mass is 10.00. The topological polar surface area (TPSA) is 95.6 Å². The van der Waals surface area contributed by atoms with Gasteiger partial charge in [-0.2, -0.15) is 10.4 Å². The van der Waals surface area contributed by atoms with E-state index in [1.807, 2.05) is 4.68 Å². The summed E-state index contributed by atoms with van der Waals surface area (Å²) in [6, 6.07) is 2.50. The predicted molar refractivity (Wildman–Crippen MR) is 75.1 cm³/mol. The van der Waals surface area contributed by atoms with Gasteiger partial charge in [0, 0.05) is 12.5 Å². The van der Waals surface area contributed by atoms with Crippen molar-refractivity contribution in [2.24, 2.45) is 0 Å². The molecule has 2 heterocycles. The zero-order valence-corrected chi connectivity index (χ0v) is 12.0. The fraction of sp³-hybridized carbons (Fsp3) is 0.714. The van der Waals surface area contributed by atoms with E-state index < -0.39 is 5.54 Å². The summed E-state index contributed by atoms with van der Waals surface area (Å²) in [6.45, 7) is 0.990. The Morgan fingerprint density at radius 3 is 3.10 bits per heavy atom. The van der Waals surface area contributed by atoms with Gasteiger partial charge >= 0.3 is 0 Å². The van der Waals surface area contributed by atoms with Gasteiger partial charge in [0.15, 0.2) is 0 Å². The zero-order chi connectivity index (χ0) is 14.7. The van der Waals surface area contributed by atoms with Crippen LogP contribution >= 0.6 is 0 Å². The molecule has 1 atom stereocenters. The third kappa shape index (κ3) is 3.05. The average Bonchev–Trinajstić information content (AvgIpc) is 3.14. The van der Waals surface area contributed by atoms with Gasteiger partial charge in [0.25, 0.3) is 0 Å². The molecule has 3 rings (SSSR count). The van der Waals surface area contributed by atoms with Crippen LogP contribution in [0.15, 0.2) is 6.33 Å². The van der Waals surface area contributed by atoms with Gasteiger partial charge in [0.1, 0.15) is 17.7 Å². The van der Waals surface area contributed by atoms with Crippen LogP contribution in [0.4, 0.5) is 0 Å². The van der Waals surface area contributed by atoms with Gasteiger partial charge in [-0.1, -0.05) is 0 Å². The number of hydrogen-bond acceptors (Lipinski definition) is 5. The van der Waals surface area contributed by atoms with Crippen LogP contribution in [0.5, 0.6) is 0 Å². The average molecular weight is 288 g/mol. The number of aromatic nitrogens is 3. The number of nitrogens with zero attached hydrogens (tertiary/aromatic N) is 4. The van der Waals surface area contributed by atoms with E-state index in [-0.39, 0.29) is 18.5 Å². The molecule has 1 unspecified atom stereocenters. The maximum absolute atomic E-state index is 12.0. The SMILES string of the molecule is N#CC1(NC(=O)CNC2CCc3ncnn3C2)CCCC1. The molecular weight excluding hydrogens is 268 g/mol. The summed E-state index contributed by atoms with van der Waals surface area (Å²) in [5.74, 6) is 0.912. The number of fused-ring (bicyclic) bond motifs is 1. The summed E-state index contributed by atoms with van der Waals surface area (Å²) >= 11 is 0. The first-order valence-corrected chi connectivity index (χ1v) is 7.53. The molecule has 0 bridgehead atoms. The molecule has 0 aromatic carbocycles. The quantitative estimate of drug-likeness (QED) is 0.821. The number of aryl methyl sites for hydroxylation is 1. The molecule has 1 aliphatic carbocycles. The molecule has 112 valence electrons. The predicted octanol–water partition coefficient (Wildman–Crippen LogP) is 0.135. The van der Waals surface area contributed by atoms with E-state index in [1.165, 1.54) is 0 Å². The number of amides is 1. The van der Waals surface area contributed by atoms with E-state index >= 15 is 0 Å². The molecule has 7 heteroatoms. The van der Waals surface area contributed by atoms with Gasteiger partial charge in [0.2, 0.25) is 5.91 Å². The molecule has 0 spiro atoms. The van der Waals surface area contributed by atoms with Crippen molar-refractivity contribution in [1.29, 1.82) is 5.26 Å². The van der Waals surface area contributed by atoms with Gasteiger partial charge in [-0.3, -0.25) is 4.79 Å². The van der Waals surface area contributed by atoms with Crippen LogP contribution in [0.25, 0.3) is 0 Å². The van der Waals surface area contributed by atoms with E-state index in [2.05, 4.69) is 26.8 Å². The zero-order valence-electron chi connectivity index (χ0n) is 12.0. The van der Waals surface area contributed by atoms with Gasteiger partial charge in [-0.05, 0) is 32.1 Å². The van der Waals surface area contributed by atoms with E-state index in [0.717, 1.165) is 50.9 Å². The van der Waals surface area contributed by atoms with Gasteiger partial charge < -0.3 is 10.6 Å². The van der Waals surface area contributed by atoms with Crippen LogP contribution in [0.1, 0.15) is 37.9 Å². The number of carbonyl (C=O) groups excluding carboxylic acids is 1. The van der Waals surface area contributed by atoms with E-state index in [9.17, 15) is 10.1 Å². The van der Waals surface area contributed by atoms with Gasteiger partial charge in [0.05, 0.1) is 19.2 Å². The standard InChI is InChI=1S/C14H20N6O/c15-9-14(5-1-2-6-14)19-13(21)7-16-11-3-4-12-17-10-18-20(12)8-11/h10-11,16H,1-8H2,(H,19,21). The highest BCUT2D eigenvalue weighted by atomic mass is 16.2. The molecule has 2 aliphatic rings. The van der Waals surface area contributed by atoms with Crippen LogP contribution in [0.2, 0.25) is 0 Å². The first kappa shape index (κ1) is 14.0. The molecule has 1 fully saturated rings. The Morgan fingerprint density at radius 1 is 1.52 bits per heavy atom. The highest BCUT2D eigenvalue weighted by molar-refractivity contribution is 5.79. The Bertz CT molecular complexity index is 554. The minimum Gasteiger partial charge on any atom is -0.337 e. The Labute approximate surface area is 123 Å². The van der Waals surface area contributed by atoms with Crippen molar-refractivity contribution >= 4 is 5.91 Å². The minimum atomic E-state index is -0.635. The van der Waals surface area contributed by atoms with Crippen LogP contribution in [0.3, 0.4) is 0 Å². The Kier molecular flexibility index (Phi) is 3.88. The molecule has 7 nitrogen and oxygen atoms in total. The number of nitriles is 1. The van der Waals surface area contributed by atoms with Crippen molar-refractivity contribution in [2.75, 3.05) is 6.54 Å². The fourth-order valence-electron chi connectivity index (χ4n) is 3.20. The number of nitrogens with one attached hydrogen (secondary N) is 2. The van der Waals surface area contributed by atoms with E-state index in [1.54, 1.807) is 6.33 Å². The van der Waals surface area contributed by atoms with Crippen LogP contribution in [0, 0.1) is 11.3 Å². The monoisotopic (exact) mass is 288 g/mol. The lowest BCUT2D eigenvalue weighted by Gasteiger charge is -2.25. The summed E-state index contributed by atoms with van der Waals surface area (Å²) in [7, 11) is 0. The van der Waals surface area contributed by atoms with Gasteiger partial charge in [-0.15, -0.1) is 0 Å². The number of carbonyl (C=O) groups is 1. The summed E-state index contributed by atoms with van der Waals surface area (Å²) in [6.07, 6.45) is 6.96. The van der Waals surface area contributed by atoms with E-state index in [0.29, 0.717) is 0 Å².